The van der Waals surface area contributed by atoms with Crippen molar-refractivity contribution in [3.8, 4) is 0 Å². The molecular weight excluding hydrogens is 160 g/mol. The number of hydrogen-bond acceptors (Lipinski definition) is 1. The van der Waals surface area contributed by atoms with Gasteiger partial charge >= 0.3 is 0 Å². The van der Waals surface area contributed by atoms with Crippen LogP contribution in [0.4, 0.5) is 0 Å². The van der Waals surface area contributed by atoms with Crippen molar-refractivity contribution in [3.05, 3.63) is 36.0 Å². The van der Waals surface area contributed by atoms with Crippen LogP contribution in [0.2, 0.25) is 0 Å². The van der Waals surface area contributed by atoms with Crippen molar-refractivity contribution >= 4 is 0 Å². The lowest BCUT2D eigenvalue weighted by molar-refractivity contribution is 0.00599. The zero-order valence-corrected chi connectivity index (χ0v) is 8.51. The maximum absolute atomic E-state index is 10.0. The Morgan fingerprint density at radius 2 is 1.92 bits per heavy atom. The van der Waals surface area contributed by atoms with Gasteiger partial charge in [0, 0.05) is 0 Å². The van der Waals surface area contributed by atoms with E-state index in [9.17, 15) is 5.11 Å². The molecule has 0 heterocycles. The molecule has 72 valence electrons. The highest BCUT2D eigenvalue weighted by Gasteiger charge is 2.36. The molecule has 0 amide bonds. The molecule has 0 atom stereocenters. The summed E-state index contributed by atoms with van der Waals surface area (Å²) in [7, 11) is 0. The van der Waals surface area contributed by atoms with E-state index in [0.29, 0.717) is 0 Å². The summed E-state index contributed by atoms with van der Waals surface area (Å²) >= 11 is 0. The molecule has 1 nitrogen and oxygen atoms in total. The Morgan fingerprint density at radius 1 is 1.31 bits per heavy atom. The van der Waals surface area contributed by atoms with Crippen LogP contribution in [-0.4, -0.2) is 10.7 Å². The first kappa shape index (κ1) is 10.3. The molecule has 0 aromatic rings. The highest BCUT2D eigenvalue weighted by atomic mass is 16.3. The molecule has 13 heavy (non-hydrogen) atoms. The highest BCUT2D eigenvalue weighted by molar-refractivity contribution is 5.33. The molecule has 0 saturated heterocycles. The Bertz CT molecular complexity index is 250. The van der Waals surface area contributed by atoms with Crippen LogP contribution in [0.25, 0.3) is 0 Å². The maximum Gasteiger partial charge on any atom is 0.0896 e. The van der Waals surface area contributed by atoms with Crippen LogP contribution in [-0.2, 0) is 0 Å². The Hall–Kier alpha value is -0.820. The normalized spacial score (nSPS) is 20.4. The van der Waals surface area contributed by atoms with Crippen molar-refractivity contribution in [2.24, 2.45) is 0 Å². The Kier molecular flexibility index (Phi) is 3.10. The van der Waals surface area contributed by atoms with Crippen LogP contribution in [0, 0.1) is 0 Å². The van der Waals surface area contributed by atoms with E-state index < -0.39 is 5.60 Å². The van der Waals surface area contributed by atoms with Gasteiger partial charge in [-0.05, 0) is 38.7 Å². The van der Waals surface area contributed by atoms with Gasteiger partial charge in [-0.2, -0.15) is 0 Å². The molecule has 1 fully saturated rings. The summed E-state index contributed by atoms with van der Waals surface area (Å²) in [6.45, 7) is 7.82. The fourth-order valence-corrected chi connectivity index (χ4v) is 1.47. The third-order valence-electron chi connectivity index (χ3n) is 2.53. The van der Waals surface area contributed by atoms with E-state index in [0.717, 1.165) is 24.8 Å². The third-order valence-corrected chi connectivity index (χ3v) is 2.53. The lowest BCUT2D eigenvalue weighted by Crippen LogP contribution is -2.38. The Balaban J connectivity index is 2.78. The molecule has 0 aromatic heterocycles. The van der Waals surface area contributed by atoms with Crippen molar-refractivity contribution in [3.63, 3.8) is 0 Å². The first-order valence-electron chi connectivity index (χ1n) is 4.79. The van der Waals surface area contributed by atoms with Crippen LogP contribution < -0.4 is 0 Å². The molecule has 0 spiro atoms. The molecule has 1 N–H and O–H groups in total. The number of aliphatic hydroxyl groups is 1. The van der Waals surface area contributed by atoms with Gasteiger partial charge in [-0.1, -0.05) is 30.4 Å². The zero-order chi connectivity index (χ0) is 9.90. The van der Waals surface area contributed by atoms with E-state index in [-0.39, 0.29) is 0 Å². The van der Waals surface area contributed by atoms with Crippen molar-refractivity contribution < 1.29 is 5.11 Å². The summed E-state index contributed by atoms with van der Waals surface area (Å²) in [5.74, 6) is 0. The molecule has 0 aliphatic heterocycles. The number of rotatable bonds is 3. The summed E-state index contributed by atoms with van der Waals surface area (Å²) < 4.78 is 0. The van der Waals surface area contributed by atoms with Crippen LogP contribution in [0.5, 0.6) is 0 Å². The largest absolute Gasteiger partial charge is 0.385 e. The first-order valence-corrected chi connectivity index (χ1v) is 4.79. The predicted molar refractivity (Wildman–Crippen MR) is 56.5 cm³/mol. The molecule has 1 rings (SSSR count). The first-order chi connectivity index (χ1) is 6.08. The molecule has 0 radical (unpaired) electrons. The average molecular weight is 178 g/mol. The van der Waals surface area contributed by atoms with Gasteiger partial charge in [0.15, 0.2) is 0 Å². The number of allylic oxidation sites excluding steroid dienone is 3. The highest BCUT2D eigenvalue weighted by Crippen LogP contribution is 2.38. The molecule has 0 unspecified atom stereocenters. The van der Waals surface area contributed by atoms with Gasteiger partial charge in [-0.15, -0.1) is 0 Å². The molecular formula is C12H18O. The number of hydrogen-bond donors (Lipinski definition) is 1. The summed E-state index contributed by atoms with van der Waals surface area (Å²) in [4.78, 5) is 0. The second-order valence-electron chi connectivity index (χ2n) is 3.96. The van der Waals surface area contributed by atoms with Crippen LogP contribution in [0.15, 0.2) is 36.0 Å². The van der Waals surface area contributed by atoms with E-state index in [4.69, 9.17) is 0 Å². The summed E-state index contributed by atoms with van der Waals surface area (Å²) in [6.07, 6.45) is 8.63. The molecule has 0 aromatic carbocycles. The van der Waals surface area contributed by atoms with Gasteiger partial charge < -0.3 is 5.11 Å². The maximum atomic E-state index is 10.0. The lowest BCUT2D eigenvalue weighted by Gasteiger charge is -2.37. The lowest BCUT2D eigenvalue weighted by atomic mass is 9.74. The van der Waals surface area contributed by atoms with Crippen LogP contribution in [0.3, 0.4) is 0 Å². The van der Waals surface area contributed by atoms with Crippen LogP contribution in [0.1, 0.15) is 33.1 Å². The minimum Gasteiger partial charge on any atom is -0.385 e. The summed E-state index contributed by atoms with van der Waals surface area (Å²) in [6, 6.07) is 0. The van der Waals surface area contributed by atoms with E-state index in [1.165, 1.54) is 5.57 Å². The van der Waals surface area contributed by atoms with Gasteiger partial charge in [-0.3, -0.25) is 0 Å². The molecule has 1 aliphatic carbocycles. The fraction of sp³-hybridized carbons (Fsp3) is 0.500. The van der Waals surface area contributed by atoms with E-state index >= 15 is 0 Å². The minimum absolute atomic E-state index is 0.576. The van der Waals surface area contributed by atoms with E-state index in [1.54, 1.807) is 6.08 Å². The fourth-order valence-electron chi connectivity index (χ4n) is 1.47. The summed E-state index contributed by atoms with van der Waals surface area (Å²) in [5.41, 5.74) is 1.62. The monoisotopic (exact) mass is 178 g/mol. The van der Waals surface area contributed by atoms with Gasteiger partial charge in [0.25, 0.3) is 0 Å². The van der Waals surface area contributed by atoms with E-state index in [2.05, 4.69) is 6.58 Å². The average Bonchev–Trinajstić information content (AvgIpc) is 2.01. The third kappa shape index (κ3) is 2.31. The van der Waals surface area contributed by atoms with Crippen molar-refractivity contribution in [1.29, 1.82) is 0 Å². The van der Waals surface area contributed by atoms with E-state index in [1.807, 2.05) is 26.0 Å². The zero-order valence-electron chi connectivity index (χ0n) is 8.51. The minimum atomic E-state index is -0.576. The molecule has 1 aliphatic rings. The van der Waals surface area contributed by atoms with Crippen LogP contribution >= 0.6 is 0 Å². The molecule has 0 bridgehead atoms. The van der Waals surface area contributed by atoms with Gasteiger partial charge in [0.1, 0.15) is 0 Å². The quantitative estimate of drug-likeness (QED) is 0.659. The second kappa shape index (κ2) is 3.93. The van der Waals surface area contributed by atoms with Crippen molar-refractivity contribution in [2.75, 3.05) is 0 Å². The SMILES string of the molecule is C=C/C(=C\C=C(C)C)C1(O)CCC1. The van der Waals surface area contributed by atoms with Gasteiger partial charge in [0.05, 0.1) is 5.60 Å². The standard InChI is InChI=1S/C12H18O/c1-4-11(7-6-10(2)3)12(13)8-5-9-12/h4,6-7,13H,1,5,8-9H2,2-3H3/b11-7+. The molecule has 1 saturated carbocycles. The second-order valence-corrected chi connectivity index (χ2v) is 3.96. The molecule has 1 heteroatoms. The van der Waals surface area contributed by atoms with Crippen molar-refractivity contribution in [1.82, 2.24) is 0 Å². The van der Waals surface area contributed by atoms with Crippen molar-refractivity contribution in [2.45, 2.75) is 38.7 Å². The smallest absolute Gasteiger partial charge is 0.0896 e. The predicted octanol–water partition coefficient (Wildman–Crippen LogP) is 2.98. The Labute approximate surface area is 80.5 Å². The Morgan fingerprint density at radius 3 is 2.23 bits per heavy atom. The topological polar surface area (TPSA) is 20.2 Å². The summed E-state index contributed by atoms with van der Waals surface area (Å²) in [5, 5.41) is 10.0. The van der Waals surface area contributed by atoms with Gasteiger partial charge in [0.2, 0.25) is 0 Å². The van der Waals surface area contributed by atoms with Gasteiger partial charge in [-0.25, -0.2) is 0 Å².